The van der Waals surface area contributed by atoms with Gasteiger partial charge in [0.15, 0.2) is 5.75 Å². The maximum absolute atomic E-state index is 13.0. The second-order valence-electron chi connectivity index (χ2n) is 3.32. The molecule has 0 aliphatic heterocycles. The third-order valence-electron chi connectivity index (χ3n) is 2.12. The molecule has 0 saturated heterocycles. The summed E-state index contributed by atoms with van der Waals surface area (Å²) in [5.41, 5.74) is 0.599. The summed E-state index contributed by atoms with van der Waals surface area (Å²) >= 11 is 9.19. The van der Waals surface area contributed by atoms with E-state index < -0.39 is 0 Å². The fourth-order valence-electron chi connectivity index (χ4n) is 1.29. The summed E-state index contributed by atoms with van der Waals surface area (Å²) in [5, 5.41) is 0.478. The number of aromatic nitrogens is 1. The van der Waals surface area contributed by atoms with Crippen molar-refractivity contribution in [3.05, 3.63) is 57.5 Å². The summed E-state index contributed by atoms with van der Waals surface area (Å²) in [6.07, 6.45) is 1.64. The van der Waals surface area contributed by atoms with E-state index >= 15 is 0 Å². The molecule has 0 saturated carbocycles. The molecule has 1 aromatic heterocycles. The molecule has 5 heteroatoms. The average molecular weight is 317 g/mol. The van der Waals surface area contributed by atoms with Crippen molar-refractivity contribution in [2.75, 3.05) is 0 Å². The Labute approximate surface area is 112 Å². The zero-order valence-electron chi connectivity index (χ0n) is 8.66. The van der Waals surface area contributed by atoms with Gasteiger partial charge in [0, 0.05) is 16.8 Å². The summed E-state index contributed by atoms with van der Waals surface area (Å²) < 4.78 is 19.1. The molecule has 2 nitrogen and oxygen atoms in total. The van der Waals surface area contributed by atoms with Crippen LogP contribution in [0.4, 0.5) is 4.39 Å². The van der Waals surface area contributed by atoms with E-state index in [1.54, 1.807) is 18.3 Å². The minimum absolute atomic E-state index is 0.195. The zero-order chi connectivity index (χ0) is 12.3. The third-order valence-corrected chi connectivity index (χ3v) is 3.08. The SMILES string of the molecule is Fc1ccc(Cl)c(COc2cccnc2Br)c1. The number of ether oxygens (including phenoxy) is 1. The number of nitrogens with zero attached hydrogens (tertiary/aromatic N) is 1. The van der Waals surface area contributed by atoms with Gasteiger partial charge in [0.25, 0.3) is 0 Å². The van der Waals surface area contributed by atoms with Crippen molar-refractivity contribution < 1.29 is 9.13 Å². The molecule has 0 fully saturated rings. The Morgan fingerprint density at radius 3 is 2.94 bits per heavy atom. The molecule has 0 radical (unpaired) electrons. The highest BCUT2D eigenvalue weighted by atomic mass is 79.9. The molecule has 0 unspecified atom stereocenters. The molecule has 88 valence electrons. The first-order chi connectivity index (χ1) is 8.16. The van der Waals surface area contributed by atoms with Gasteiger partial charge >= 0.3 is 0 Å². The van der Waals surface area contributed by atoms with E-state index in [4.69, 9.17) is 16.3 Å². The van der Waals surface area contributed by atoms with Crippen molar-refractivity contribution in [1.29, 1.82) is 0 Å². The van der Waals surface area contributed by atoms with Crippen LogP contribution in [0.15, 0.2) is 41.1 Å². The van der Waals surface area contributed by atoms with Gasteiger partial charge < -0.3 is 4.74 Å². The monoisotopic (exact) mass is 315 g/mol. The lowest BCUT2D eigenvalue weighted by Crippen LogP contribution is -1.98. The number of pyridine rings is 1. The van der Waals surface area contributed by atoms with Crippen LogP contribution < -0.4 is 4.74 Å². The van der Waals surface area contributed by atoms with E-state index in [0.29, 0.717) is 20.9 Å². The molecule has 2 rings (SSSR count). The molecule has 1 heterocycles. The molecule has 0 atom stereocenters. The van der Waals surface area contributed by atoms with Gasteiger partial charge in [-0.25, -0.2) is 9.37 Å². The Morgan fingerprint density at radius 1 is 1.35 bits per heavy atom. The first-order valence-corrected chi connectivity index (χ1v) is 6.01. The molecule has 0 N–H and O–H groups in total. The van der Waals surface area contributed by atoms with Crippen LogP contribution in [0.25, 0.3) is 0 Å². The Bertz CT molecular complexity index is 536. The highest BCUT2D eigenvalue weighted by Gasteiger charge is 2.05. The van der Waals surface area contributed by atoms with E-state index in [1.807, 2.05) is 0 Å². The lowest BCUT2D eigenvalue weighted by Gasteiger charge is -2.08. The van der Waals surface area contributed by atoms with Crippen LogP contribution in [0, 0.1) is 5.82 Å². The number of benzene rings is 1. The molecule has 0 aliphatic carbocycles. The minimum atomic E-state index is -0.335. The number of halogens is 3. The Balaban J connectivity index is 2.12. The summed E-state index contributed by atoms with van der Waals surface area (Å²) in [7, 11) is 0. The quantitative estimate of drug-likeness (QED) is 0.791. The van der Waals surface area contributed by atoms with Crippen LogP contribution in [-0.2, 0) is 6.61 Å². The van der Waals surface area contributed by atoms with Crippen molar-refractivity contribution in [3.63, 3.8) is 0 Å². The van der Waals surface area contributed by atoms with Crippen molar-refractivity contribution >= 4 is 27.5 Å². The Kier molecular flexibility index (Phi) is 3.97. The van der Waals surface area contributed by atoms with Crippen LogP contribution >= 0.6 is 27.5 Å². The van der Waals surface area contributed by atoms with Crippen LogP contribution in [0.1, 0.15) is 5.56 Å². The van der Waals surface area contributed by atoms with Crippen LogP contribution in [0.2, 0.25) is 5.02 Å². The van der Waals surface area contributed by atoms with Gasteiger partial charge in [0.2, 0.25) is 0 Å². The summed E-state index contributed by atoms with van der Waals surface area (Å²) in [6.45, 7) is 0.195. The van der Waals surface area contributed by atoms with Gasteiger partial charge in [0.05, 0.1) is 0 Å². The summed E-state index contributed by atoms with van der Waals surface area (Å²) in [6, 6.07) is 7.70. The molecule has 0 bridgehead atoms. The van der Waals surface area contributed by atoms with Gasteiger partial charge in [-0.05, 0) is 46.3 Å². The van der Waals surface area contributed by atoms with Crippen LogP contribution in [0.5, 0.6) is 5.75 Å². The lowest BCUT2D eigenvalue weighted by atomic mass is 10.2. The Morgan fingerprint density at radius 2 is 2.18 bits per heavy atom. The van der Waals surface area contributed by atoms with E-state index in [9.17, 15) is 4.39 Å². The first-order valence-electron chi connectivity index (χ1n) is 4.84. The summed E-state index contributed by atoms with van der Waals surface area (Å²) in [4.78, 5) is 4.02. The first kappa shape index (κ1) is 12.3. The highest BCUT2D eigenvalue weighted by Crippen LogP contribution is 2.24. The van der Waals surface area contributed by atoms with Gasteiger partial charge in [-0.1, -0.05) is 11.6 Å². The van der Waals surface area contributed by atoms with E-state index in [1.165, 1.54) is 18.2 Å². The average Bonchev–Trinajstić information content (AvgIpc) is 2.32. The normalized spacial score (nSPS) is 10.3. The predicted molar refractivity (Wildman–Crippen MR) is 67.7 cm³/mol. The maximum atomic E-state index is 13.0. The number of rotatable bonds is 3. The van der Waals surface area contributed by atoms with Crippen molar-refractivity contribution in [2.45, 2.75) is 6.61 Å². The van der Waals surface area contributed by atoms with Gasteiger partial charge in [-0.2, -0.15) is 0 Å². The minimum Gasteiger partial charge on any atom is -0.486 e. The molecular weight excluding hydrogens is 308 g/mol. The molecule has 17 heavy (non-hydrogen) atoms. The molecular formula is C12H8BrClFNO. The van der Waals surface area contributed by atoms with E-state index in [-0.39, 0.29) is 12.4 Å². The van der Waals surface area contributed by atoms with Gasteiger partial charge in [-0.15, -0.1) is 0 Å². The maximum Gasteiger partial charge on any atom is 0.152 e. The van der Waals surface area contributed by atoms with Crippen molar-refractivity contribution in [1.82, 2.24) is 4.98 Å². The number of hydrogen-bond acceptors (Lipinski definition) is 2. The molecule has 0 spiro atoms. The van der Waals surface area contributed by atoms with Crippen LogP contribution in [0.3, 0.4) is 0 Å². The van der Waals surface area contributed by atoms with Crippen molar-refractivity contribution in [2.24, 2.45) is 0 Å². The second kappa shape index (κ2) is 5.47. The molecule has 2 aromatic rings. The largest absolute Gasteiger partial charge is 0.486 e. The Hall–Kier alpha value is -1.13. The lowest BCUT2D eigenvalue weighted by molar-refractivity contribution is 0.302. The van der Waals surface area contributed by atoms with Crippen LogP contribution in [-0.4, -0.2) is 4.98 Å². The topological polar surface area (TPSA) is 22.1 Å². The van der Waals surface area contributed by atoms with Gasteiger partial charge in [-0.3, -0.25) is 0 Å². The smallest absolute Gasteiger partial charge is 0.152 e. The second-order valence-corrected chi connectivity index (χ2v) is 4.48. The number of hydrogen-bond donors (Lipinski definition) is 0. The molecule has 0 amide bonds. The highest BCUT2D eigenvalue weighted by molar-refractivity contribution is 9.10. The van der Waals surface area contributed by atoms with E-state index in [0.717, 1.165) is 0 Å². The molecule has 0 aliphatic rings. The van der Waals surface area contributed by atoms with Gasteiger partial charge in [0.1, 0.15) is 17.0 Å². The third kappa shape index (κ3) is 3.17. The fourth-order valence-corrected chi connectivity index (χ4v) is 1.83. The summed E-state index contributed by atoms with van der Waals surface area (Å²) in [5.74, 6) is 0.256. The predicted octanol–water partition coefficient (Wildman–Crippen LogP) is 4.22. The van der Waals surface area contributed by atoms with Crippen molar-refractivity contribution in [3.8, 4) is 5.75 Å². The zero-order valence-corrected chi connectivity index (χ0v) is 11.0. The molecule has 1 aromatic carbocycles. The standard InChI is InChI=1S/C12H8BrClFNO/c13-12-11(2-1-5-16-12)17-7-8-6-9(15)3-4-10(8)14/h1-6H,7H2. The van der Waals surface area contributed by atoms with E-state index in [2.05, 4.69) is 20.9 Å². The fraction of sp³-hybridized carbons (Fsp3) is 0.0833.